The average molecular weight is 681 g/mol. The molecule has 2 heterocycles. The van der Waals surface area contributed by atoms with Gasteiger partial charge in [0.05, 0.1) is 16.6 Å². The molecular weight excluding hydrogens is 641 g/mol. The largest absolute Gasteiger partial charge is 0.313 e. The number of allylic oxidation sites excluding steroid dienone is 1. The minimum Gasteiger partial charge on any atom is -0.313 e. The zero-order valence-corrected chi connectivity index (χ0v) is 30.3. The highest BCUT2D eigenvalue weighted by Gasteiger charge is 2.27. The lowest BCUT2D eigenvalue weighted by atomic mass is 9.84. The molecule has 0 N–H and O–H groups in total. The molecule has 7 aromatic carbocycles. The molecule has 0 bridgehead atoms. The summed E-state index contributed by atoms with van der Waals surface area (Å²) in [6.07, 6.45) is 3.45. The summed E-state index contributed by atoms with van der Waals surface area (Å²) >= 11 is 0. The summed E-state index contributed by atoms with van der Waals surface area (Å²) < 4.78 is 4.95. The number of benzene rings is 7. The van der Waals surface area contributed by atoms with E-state index in [0.29, 0.717) is 5.92 Å². The smallest absolute Gasteiger partial charge is 0.0541 e. The number of hydrogen-bond donors (Lipinski definition) is 0. The highest BCUT2D eigenvalue weighted by Crippen LogP contribution is 2.45. The minimum absolute atomic E-state index is 0.335. The highest BCUT2D eigenvalue weighted by atomic mass is 15.0. The summed E-state index contributed by atoms with van der Waals surface area (Å²) in [4.78, 5) is 0. The lowest BCUT2D eigenvalue weighted by molar-refractivity contribution is 0.733. The van der Waals surface area contributed by atoms with Crippen molar-refractivity contribution in [3.05, 3.63) is 192 Å². The van der Waals surface area contributed by atoms with Crippen molar-refractivity contribution in [2.24, 2.45) is 0 Å². The van der Waals surface area contributed by atoms with Gasteiger partial charge in [0, 0.05) is 44.7 Å². The third-order valence-electron chi connectivity index (χ3n) is 11.3. The van der Waals surface area contributed by atoms with Gasteiger partial charge in [0.25, 0.3) is 0 Å². The van der Waals surface area contributed by atoms with Crippen LogP contribution in [0.2, 0.25) is 0 Å². The van der Waals surface area contributed by atoms with Gasteiger partial charge in [0.15, 0.2) is 0 Å². The third-order valence-corrected chi connectivity index (χ3v) is 11.3. The Hall–Kier alpha value is -6.38. The molecule has 0 amide bonds. The normalized spacial score (nSPS) is 14.2. The Morgan fingerprint density at radius 2 is 0.962 bits per heavy atom. The van der Waals surface area contributed by atoms with Crippen LogP contribution in [0.3, 0.4) is 0 Å². The topological polar surface area (TPSA) is 9.86 Å². The van der Waals surface area contributed by atoms with Crippen LogP contribution in [-0.4, -0.2) is 9.13 Å². The molecule has 1 unspecified atom stereocenters. The maximum absolute atomic E-state index is 2.52. The lowest BCUT2D eigenvalue weighted by Crippen LogP contribution is -2.09. The molecule has 0 saturated carbocycles. The maximum atomic E-state index is 2.52. The van der Waals surface area contributed by atoms with Gasteiger partial charge in [-0.3, -0.25) is 0 Å². The molecule has 53 heavy (non-hydrogen) atoms. The van der Waals surface area contributed by atoms with E-state index in [2.05, 4.69) is 200 Å². The summed E-state index contributed by atoms with van der Waals surface area (Å²) in [5, 5.41) is 3.87. The van der Waals surface area contributed by atoms with Gasteiger partial charge in [-0.1, -0.05) is 133 Å². The van der Waals surface area contributed by atoms with Gasteiger partial charge in [-0.25, -0.2) is 0 Å². The minimum atomic E-state index is 0.335. The molecule has 1 atom stereocenters. The molecule has 1 aliphatic carbocycles. The quantitative estimate of drug-likeness (QED) is 0.171. The Bertz CT molecular complexity index is 2880. The summed E-state index contributed by atoms with van der Waals surface area (Å²) in [5.74, 6) is 0.335. The van der Waals surface area contributed by atoms with Crippen LogP contribution in [-0.2, 0) is 0 Å². The van der Waals surface area contributed by atoms with Crippen LogP contribution in [0.1, 0.15) is 47.2 Å². The van der Waals surface area contributed by atoms with E-state index in [1.165, 1.54) is 99.9 Å². The third kappa shape index (κ3) is 5.25. The van der Waals surface area contributed by atoms with E-state index >= 15 is 0 Å². The van der Waals surface area contributed by atoms with Gasteiger partial charge in [0.1, 0.15) is 0 Å². The first-order valence-corrected chi connectivity index (χ1v) is 18.7. The molecule has 0 fully saturated rings. The number of para-hydroxylation sites is 2. The van der Waals surface area contributed by atoms with Gasteiger partial charge in [-0.05, 0) is 108 Å². The fraction of sp³-hybridized carbons (Fsp3) is 0.0980. The van der Waals surface area contributed by atoms with Crippen molar-refractivity contribution in [1.82, 2.24) is 9.13 Å². The fourth-order valence-corrected chi connectivity index (χ4v) is 8.65. The molecule has 0 radical (unpaired) electrons. The van der Waals surface area contributed by atoms with Crippen molar-refractivity contribution in [3.63, 3.8) is 0 Å². The molecule has 0 saturated heterocycles. The molecule has 0 aliphatic heterocycles. The fourth-order valence-electron chi connectivity index (χ4n) is 8.65. The van der Waals surface area contributed by atoms with Gasteiger partial charge in [-0.2, -0.15) is 0 Å². The molecule has 2 nitrogen and oxygen atoms in total. The molecule has 254 valence electrons. The van der Waals surface area contributed by atoms with E-state index in [0.717, 1.165) is 6.42 Å². The van der Waals surface area contributed by atoms with E-state index in [4.69, 9.17) is 0 Å². The zero-order chi connectivity index (χ0) is 35.6. The summed E-state index contributed by atoms with van der Waals surface area (Å²) in [6.45, 7) is 6.68. The van der Waals surface area contributed by atoms with Gasteiger partial charge >= 0.3 is 0 Å². The van der Waals surface area contributed by atoms with Crippen molar-refractivity contribution >= 4 is 44.4 Å². The van der Waals surface area contributed by atoms with Gasteiger partial charge in [0.2, 0.25) is 0 Å². The Kier molecular flexibility index (Phi) is 7.33. The Morgan fingerprint density at radius 3 is 1.60 bits per heavy atom. The average Bonchev–Trinajstić information content (AvgIpc) is 3.72. The molecule has 0 spiro atoms. The van der Waals surface area contributed by atoms with E-state index in [-0.39, 0.29) is 0 Å². The maximum Gasteiger partial charge on any atom is 0.0541 e. The van der Waals surface area contributed by atoms with Crippen LogP contribution in [0.5, 0.6) is 0 Å². The van der Waals surface area contributed by atoms with E-state index in [1.54, 1.807) is 0 Å². The Labute approximate surface area is 310 Å². The van der Waals surface area contributed by atoms with Crippen molar-refractivity contribution in [2.45, 2.75) is 33.1 Å². The van der Waals surface area contributed by atoms with Crippen LogP contribution in [0.15, 0.2) is 164 Å². The second-order valence-corrected chi connectivity index (χ2v) is 14.8. The SMILES string of the molecule is Cc1ccc(-c2cccc(-n3c4c(c5ccccc53)C=C(c3ccc5c(c3)c3ccccc3n5-c3cccc(-c5ccc(C)cc5)c3)CC4C)c2)cc1. The predicted octanol–water partition coefficient (Wildman–Crippen LogP) is 13.7. The second kappa shape index (κ2) is 12.4. The van der Waals surface area contributed by atoms with Crippen molar-refractivity contribution in [1.29, 1.82) is 0 Å². The number of nitrogens with zero attached hydrogens (tertiary/aromatic N) is 2. The number of fused-ring (bicyclic) bond motifs is 6. The molecule has 1 aliphatic rings. The number of hydrogen-bond acceptors (Lipinski definition) is 0. The lowest BCUT2D eigenvalue weighted by Gasteiger charge is -2.24. The Balaban J connectivity index is 1.10. The van der Waals surface area contributed by atoms with Crippen LogP contribution < -0.4 is 0 Å². The number of rotatable bonds is 5. The monoisotopic (exact) mass is 680 g/mol. The highest BCUT2D eigenvalue weighted by molar-refractivity contribution is 6.11. The van der Waals surface area contributed by atoms with E-state index in [1.807, 2.05) is 0 Å². The number of aryl methyl sites for hydroxylation is 2. The first-order valence-electron chi connectivity index (χ1n) is 18.7. The molecule has 2 heteroatoms. The van der Waals surface area contributed by atoms with Crippen LogP contribution in [0.25, 0.3) is 78.0 Å². The van der Waals surface area contributed by atoms with E-state index < -0.39 is 0 Å². The van der Waals surface area contributed by atoms with Crippen molar-refractivity contribution < 1.29 is 0 Å². The first kappa shape index (κ1) is 31.4. The van der Waals surface area contributed by atoms with Crippen LogP contribution in [0.4, 0.5) is 0 Å². The zero-order valence-electron chi connectivity index (χ0n) is 30.3. The molecular formula is C51H40N2. The second-order valence-electron chi connectivity index (χ2n) is 14.8. The van der Waals surface area contributed by atoms with Crippen LogP contribution in [0, 0.1) is 13.8 Å². The van der Waals surface area contributed by atoms with Gasteiger partial charge in [-0.15, -0.1) is 0 Å². The molecule has 10 rings (SSSR count). The first-order chi connectivity index (χ1) is 26.0. The predicted molar refractivity (Wildman–Crippen MR) is 225 cm³/mol. The summed E-state index contributed by atoms with van der Waals surface area (Å²) in [6, 6.07) is 60.5. The van der Waals surface area contributed by atoms with Crippen LogP contribution >= 0.6 is 0 Å². The Morgan fingerprint density at radius 1 is 0.434 bits per heavy atom. The van der Waals surface area contributed by atoms with E-state index in [9.17, 15) is 0 Å². The van der Waals surface area contributed by atoms with Crippen molar-refractivity contribution in [2.75, 3.05) is 0 Å². The summed E-state index contributed by atoms with van der Waals surface area (Å²) in [7, 11) is 0. The van der Waals surface area contributed by atoms with Gasteiger partial charge < -0.3 is 9.13 Å². The number of aromatic nitrogens is 2. The molecule has 9 aromatic rings. The van der Waals surface area contributed by atoms with Crippen molar-refractivity contribution in [3.8, 4) is 33.6 Å². The summed E-state index contributed by atoms with van der Waals surface area (Å²) in [5.41, 5.74) is 19.0. The molecule has 2 aromatic heterocycles. The standard InChI is InChI=1S/C51H40N2/c1-33-18-22-36(23-19-33)38-10-8-12-42(29-38)52-48-16-6-4-14-44(48)46-31-40(26-27-50(46)52)41-28-35(3)51-47(32-41)45-15-5-7-17-49(45)53(51)43-13-9-11-39(30-43)37-24-20-34(2)21-25-37/h4-27,29-32,35H,28H2,1-3H3.